The van der Waals surface area contributed by atoms with Crippen molar-refractivity contribution in [1.29, 1.82) is 0 Å². The molecule has 5 heteroatoms. The molecule has 0 aliphatic rings. The molecule has 1 atom stereocenters. The minimum atomic E-state index is -0.0947. The molecule has 1 aromatic heterocycles. The van der Waals surface area contributed by atoms with Gasteiger partial charge in [0, 0.05) is 16.2 Å². The standard InChI is InChI=1S/C25H24N2O2S/c1-16(20-13-12-19-8-4-5-9-21(19)14-20)26-25(28)22-10-6-7-11-24(22)30-15-23-17(2)27-29-18(23)3/h4-14,16H,15H2,1-3H3,(H,26,28). The van der Waals surface area contributed by atoms with Crippen LogP contribution in [0.1, 0.15) is 45.9 Å². The van der Waals surface area contributed by atoms with E-state index in [4.69, 9.17) is 4.52 Å². The third kappa shape index (κ3) is 4.26. The Bertz CT molecular complexity index is 1180. The van der Waals surface area contributed by atoms with E-state index in [1.165, 1.54) is 10.8 Å². The van der Waals surface area contributed by atoms with Gasteiger partial charge in [0.1, 0.15) is 5.76 Å². The summed E-state index contributed by atoms with van der Waals surface area (Å²) in [5, 5.41) is 9.53. The summed E-state index contributed by atoms with van der Waals surface area (Å²) in [5.41, 5.74) is 3.75. The Morgan fingerprint density at radius 2 is 1.77 bits per heavy atom. The number of nitrogens with one attached hydrogen (secondary N) is 1. The van der Waals surface area contributed by atoms with Crippen molar-refractivity contribution in [3.8, 4) is 0 Å². The van der Waals surface area contributed by atoms with E-state index < -0.39 is 0 Å². The number of benzene rings is 3. The van der Waals surface area contributed by atoms with Crippen LogP contribution in [-0.2, 0) is 5.75 Å². The van der Waals surface area contributed by atoms with Gasteiger partial charge in [-0.25, -0.2) is 0 Å². The van der Waals surface area contributed by atoms with Crippen LogP contribution in [0.2, 0.25) is 0 Å². The first kappa shape index (κ1) is 20.2. The maximum atomic E-state index is 13.1. The minimum absolute atomic E-state index is 0.0717. The Morgan fingerprint density at radius 3 is 2.53 bits per heavy atom. The number of nitrogens with zero attached hydrogens (tertiary/aromatic N) is 1. The number of fused-ring (bicyclic) bond motifs is 1. The van der Waals surface area contributed by atoms with Gasteiger partial charge in [0.25, 0.3) is 5.91 Å². The van der Waals surface area contributed by atoms with Gasteiger partial charge in [-0.15, -0.1) is 11.8 Å². The predicted molar refractivity (Wildman–Crippen MR) is 122 cm³/mol. The van der Waals surface area contributed by atoms with Gasteiger partial charge in [-0.05, 0) is 55.3 Å². The molecule has 1 amide bonds. The first-order valence-electron chi connectivity index (χ1n) is 9.96. The predicted octanol–water partition coefficient (Wildman–Crippen LogP) is 6.23. The van der Waals surface area contributed by atoms with Crippen molar-refractivity contribution in [2.24, 2.45) is 0 Å². The number of aryl methyl sites for hydroxylation is 2. The molecule has 0 bridgehead atoms. The van der Waals surface area contributed by atoms with Crippen molar-refractivity contribution >= 4 is 28.4 Å². The fraction of sp³-hybridized carbons (Fsp3) is 0.200. The molecule has 152 valence electrons. The lowest BCUT2D eigenvalue weighted by molar-refractivity contribution is 0.0937. The molecule has 4 aromatic rings. The van der Waals surface area contributed by atoms with Gasteiger partial charge in [-0.3, -0.25) is 4.79 Å². The fourth-order valence-electron chi connectivity index (χ4n) is 3.47. The topological polar surface area (TPSA) is 55.1 Å². The highest BCUT2D eigenvalue weighted by Crippen LogP contribution is 2.29. The van der Waals surface area contributed by atoms with Crippen molar-refractivity contribution in [1.82, 2.24) is 10.5 Å². The number of aromatic nitrogens is 1. The van der Waals surface area contributed by atoms with E-state index in [9.17, 15) is 4.79 Å². The summed E-state index contributed by atoms with van der Waals surface area (Å²) in [4.78, 5) is 14.0. The van der Waals surface area contributed by atoms with E-state index in [1.54, 1.807) is 11.8 Å². The normalized spacial score (nSPS) is 12.1. The zero-order valence-corrected chi connectivity index (χ0v) is 18.1. The summed E-state index contributed by atoms with van der Waals surface area (Å²) >= 11 is 1.63. The lowest BCUT2D eigenvalue weighted by Gasteiger charge is -2.16. The number of thioether (sulfide) groups is 1. The summed E-state index contributed by atoms with van der Waals surface area (Å²) in [5.74, 6) is 1.47. The van der Waals surface area contributed by atoms with Gasteiger partial charge in [0.05, 0.1) is 17.3 Å². The second-order valence-electron chi connectivity index (χ2n) is 7.39. The smallest absolute Gasteiger partial charge is 0.252 e. The average Bonchev–Trinajstić information content (AvgIpc) is 3.09. The fourth-order valence-corrected chi connectivity index (χ4v) is 4.68. The maximum Gasteiger partial charge on any atom is 0.252 e. The molecule has 1 N–H and O–H groups in total. The van der Waals surface area contributed by atoms with Gasteiger partial charge in [0.15, 0.2) is 0 Å². The number of hydrogen-bond donors (Lipinski definition) is 1. The van der Waals surface area contributed by atoms with Crippen LogP contribution < -0.4 is 5.32 Å². The van der Waals surface area contributed by atoms with E-state index in [0.717, 1.165) is 27.5 Å². The van der Waals surface area contributed by atoms with Crippen LogP contribution in [-0.4, -0.2) is 11.1 Å². The SMILES string of the molecule is Cc1noc(C)c1CSc1ccccc1C(=O)NC(C)c1ccc2ccccc2c1. The van der Waals surface area contributed by atoms with Crippen molar-refractivity contribution in [3.05, 3.63) is 94.9 Å². The van der Waals surface area contributed by atoms with Crippen LogP contribution in [0.5, 0.6) is 0 Å². The van der Waals surface area contributed by atoms with Gasteiger partial charge in [-0.1, -0.05) is 53.7 Å². The second kappa shape index (κ2) is 8.76. The van der Waals surface area contributed by atoms with E-state index >= 15 is 0 Å². The summed E-state index contributed by atoms with van der Waals surface area (Å²) < 4.78 is 5.25. The van der Waals surface area contributed by atoms with Crippen LogP contribution in [0.15, 0.2) is 76.1 Å². The molecule has 30 heavy (non-hydrogen) atoms. The highest BCUT2D eigenvalue weighted by molar-refractivity contribution is 7.98. The molecule has 4 rings (SSSR count). The largest absolute Gasteiger partial charge is 0.361 e. The summed E-state index contributed by atoms with van der Waals surface area (Å²) in [6.45, 7) is 5.87. The third-order valence-electron chi connectivity index (χ3n) is 5.31. The van der Waals surface area contributed by atoms with Gasteiger partial charge in [-0.2, -0.15) is 0 Å². The summed E-state index contributed by atoms with van der Waals surface area (Å²) in [7, 11) is 0. The van der Waals surface area contributed by atoms with Crippen molar-refractivity contribution in [2.45, 2.75) is 37.5 Å². The number of carbonyl (C=O) groups excluding carboxylic acids is 1. The molecule has 0 spiro atoms. The molecule has 0 saturated heterocycles. The van der Waals surface area contributed by atoms with E-state index in [1.807, 2.05) is 57.2 Å². The molecule has 1 heterocycles. The molecule has 0 aliphatic carbocycles. The summed E-state index contributed by atoms with van der Waals surface area (Å²) in [6, 6.07) is 22.2. The van der Waals surface area contributed by atoms with E-state index in [0.29, 0.717) is 11.3 Å². The number of carbonyl (C=O) groups is 1. The maximum absolute atomic E-state index is 13.1. The first-order valence-corrected chi connectivity index (χ1v) is 10.9. The summed E-state index contributed by atoms with van der Waals surface area (Å²) in [6.07, 6.45) is 0. The molecule has 3 aromatic carbocycles. The van der Waals surface area contributed by atoms with Crippen LogP contribution in [0.3, 0.4) is 0 Å². The zero-order chi connectivity index (χ0) is 21.1. The number of amides is 1. The van der Waals surface area contributed by atoms with Gasteiger partial charge < -0.3 is 9.84 Å². The Morgan fingerprint density at radius 1 is 1.03 bits per heavy atom. The third-order valence-corrected chi connectivity index (χ3v) is 6.41. The van der Waals surface area contributed by atoms with Crippen molar-refractivity contribution < 1.29 is 9.32 Å². The van der Waals surface area contributed by atoms with Crippen LogP contribution in [0.25, 0.3) is 10.8 Å². The molecular weight excluding hydrogens is 392 g/mol. The van der Waals surface area contributed by atoms with Gasteiger partial charge >= 0.3 is 0 Å². The Balaban J connectivity index is 1.50. The molecule has 0 radical (unpaired) electrons. The Kier molecular flexibility index (Phi) is 5.91. The first-order chi connectivity index (χ1) is 14.5. The lowest BCUT2D eigenvalue weighted by Crippen LogP contribution is -2.27. The Labute approximate surface area is 180 Å². The highest BCUT2D eigenvalue weighted by Gasteiger charge is 2.17. The quantitative estimate of drug-likeness (QED) is 0.379. The molecular formula is C25H24N2O2S. The Hall–Kier alpha value is -3.05. The minimum Gasteiger partial charge on any atom is -0.361 e. The van der Waals surface area contributed by atoms with E-state index in [2.05, 4.69) is 40.8 Å². The number of rotatable bonds is 6. The van der Waals surface area contributed by atoms with Crippen LogP contribution in [0.4, 0.5) is 0 Å². The molecule has 0 saturated carbocycles. The van der Waals surface area contributed by atoms with Crippen molar-refractivity contribution in [3.63, 3.8) is 0 Å². The lowest BCUT2D eigenvalue weighted by atomic mass is 10.0. The average molecular weight is 417 g/mol. The van der Waals surface area contributed by atoms with Gasteiger partial charge in [0.2, 0.25) is 0 Å². The zero-order valence-electron chi connectivity index (χ0n) is 17.3. The highest BCUT2D eigenvalue weighted by atomic mass is 32.2. The molecule has 4 nitrogen and oxygen atoms in total. The van der Waals surface area contributed by atoms with Crippen LogP contribution in [0, 0.1) is 13.8 Å². The second-order valence-corrected chi connectivity index (χ2v) is 8.41. The van der Waals surface area contributed by atoms with Crippen molar-refractivity contribution in [2.75, 3.05) is 0 Å². The monoisotopic (exact) mass is 416 g/mol. The number of hydrogen-bond acceptors (Lipinski definition) is 4. The molecule has 0 aliphatic heterocycles. The van der Waals surface area contributed by atoms with Crippen LogP contribution >= 0.6 is 11.8 Å². The van der Waals surface area contributed by atoms with E-state index in [-0.39, 0.29) is 11.9 Å². The molecule has 1 unspecified atom stereocenters. The molecule has 0 fully saturated rings.